The van der Waals surface area contributed by atoms with Gasteiger partial charge in [-0.05, 0) is 0 Å². The van der Waals surface area contributed by atoms with E-state index < -0.39 is 6.03 Å². The Morgan fingerprint density at radius 3 is 2.67 bits per heavy atom. The number of urea groups is 1. The highest BCUT2D eigenvalue weighted by Crippen LogP contribution is 1.93. The monoisotopic (exact) mass is 166 g/mol. The molecule has 2 amide bonds. The summed E-state index contributed by atoms with van der Waals surface area (Å²) in [5.74, 6) is 0.628. The lowest BCUT2D eigenvalue weighted by Gasteiger charge is -2.05. The third kappa shape index (κ3) is 5.85. The van der Waals surface area contributed by atoms with Crippen molar-refractivity contribution in [3.05, 3.63) is 0 Å². The van der Waals surface area contributed by atoms with Crippen LogP contribution in [0.1, 0.15) is 0 Å². The zero-order valence-corrected chi connectivity index (χ0v) is 6.66. The van der Waals surface area contributed by atoms with E-state index in [1.807, 2.05) is 0 Å². The highest BCUT2D eigenvalue weighted by atomic mass is 32.1. The minimum absolute atomic E-state index is 0.0841. The molecule has 1 unspecified atom stereocenters. The van der Waals surface area contributed by atoms with Gasteiger partial charge in [-0.3, -0.25) is 0 Å². The number of amides is 2. The molecular formula is C4H10N2OS2. The number of hydrogen-bond acceptors (Lipinski definition) is 3. The SMILES string of the molecule is NC(=O)NCC(S)CS. The van der Waals surface area contributed by atoms with Crippen LogP contribution in [0.3, 0.4) is 0 Å². The normalized spacial score (nSPS) is 12.7. The van der Waals surface area contributed by atoms with E-state index in [2.05, 4.69) is 30.6 Å². The van der Waals surface area contributed by atoms with Crippen molar-refractivity contribution in [2.75, 3.05) is 12.3 Å². The van der Waals surface area contributed by atoms with Crippen LogP contribution in [0.4, 0.5) is 4.79 Å². The maximum atomic E-state index is 10.1. The number of carbonyl (C=O) groups excluding carboxylic acids is 1. The summed E-state index contributed by atoms with van der Waals surface area (Å²) in [6.45, 7) is 0.474. The van der Waals surface area contributed by atoms with Crippen LogP contribution in [0.25, 0.3) is 0 Å². The van der Waals surface area contributed by atoms with Crippen LogP contribution in [0.15, 0.2) is 0 Å². The predicted molar refractivity (Wildman–Crippen MR) is 44.2 cm³/mol. The first-order valence-electron chi connectivity index (χ1n) is 2.49. The van der Waals surface area contributed by atoms with Gasteiger partial charge in [-0.2, -0.15) is 25.3 Å². The zero-order chi connectivity index (χ0) is 7.28. The van der Waals surface area contributed by atoms with Gasteiger partial charge in [0.2, 0.25) is 0 Å². The fourth-order valence-corrected chi connectivity index (χ4v) is 0.503. The van der Waals surface area contributed by atoms with E-state index in [1.165, 1.54) is 0 Å². The molecule has 0 rings (SSSR count). The second-order valence-electron chi connectivity index (χ2n) is 1.58. The average molecular weight is 166 g/mol. The van der Waals surface area contributed by atoms with Crippen LogP contribution < -0.4 is 11.1 Å². The van der Waals surface area contributed by atoms with Crippen LogP contribution in [0.5, 0.6) is 0 Å². The molecular weight excluding hydrogens is 156 g/mol. The van der Waals surface area contributed by atoms with E-state index in [4.69, 9.17) is 5.73 Å². The Morgan fingerprint density at radius 2 is 2.33 bits per heavy atom. The second kappa shape index (κ2) is 4.81. The lowest BCUT2D eigenvalue weighted by molar-refractivity contribution is 0.249. The fraction of sp³-hybridized carbons (Fsp3) is 0.750. The quantitative estimate of drug-likeness (QED) is 0.434. The maximum Gasteiger partial charge on any atom is 0.312 e. The summed E-state index contributed by atoms with van der Waals surface area (Å²) < 4.78 is 0. The third-order valence-corrected chi connectivity index (χ3v) is 1.82. The van der Waals surface area contributed by atoms with Crippen molar-refractivity contribution in [2.45, 2.75) is 5.25 Å². The number of primary amides is 1. The number of hydrogen-bond donors (Lipinski definition) is 4. The summed E-state index contributed by atoms with van der Waals surface area (Å²) >= 11 is 8.01. The molecule has 0 saturated carbocycles. The molecule has 9 heavy (non-hydrogen) atoms. The Morgan fingerprint density at radius 1 is 1.78 bits per heavy atom. The van der Waals surface area contributed by atoms with E-state index in [9.17, 15) is 4.79 Å². The molecule has 54 valence electrons. The van der Waals surface area contributed by atoms with Crippen molar-refractivity contribution < 1.29 is 4.79 Å². The molecule has 0 radical (unpaired) electrons. The summed E-state index contributed by atoms with van der Waals surface area (Å²) in [4.78, 5) is 10.1. The lowest BCUT2D eigenvalue weighted by Crippen LogP contribution is -2.34. The van der Waals surface area contributed by atoms with Gasteiger partial charge in [0.25, 0.3) is 0 Å². The summed E-state index contributed by atoms with van der Waals surface area (Å²) in [5, 5.41) is 2.49. The molecule has 0 aliphatic carbocycles. The maximum absolute atomic E-state index is 10.1. The number of thiol groups is 2. The molecule has 0 aromatic rings. The minimum Gasteiger partial charge on any atom is -0.352 e. The van der Waals surface area contributed by atoms with Crippen molar-refractivity contribution in [1.82, 2.24) is 5.32 Å². The zero-order valence-electron chi connectivity index (χ0n) is 4.87. The van der Waals surface area contributed by atoms with Crippen molar-refractivity contribution in [3.63, 3.8) is 0 Å². The van der Waals surface area contributed by atoms with Crippen molar-refractivity contribution in [3.8, 4) is 0 Å². The van der Waals surface area contributed by atoms with E-state index >= 15 is 0 Å². The molecule has 0 spiro atoms. The number of nitrogens with two attached hydrogens (primary N) is 1. The van der Waals surface area contributed by atoms with Gasteiger partial charge in [-0.25, -0.2) is 4.79 Å². The Bertz CT molecular complexity index is 98.6. The Balaban J connectivity index is 3.16. The van der Waals surface area contributed by atoms with Crippen LogP contribution in [0, 0.1) is 0 Å². The second-order valence-corrected chi connectivity index (χ2v) is 2.68. The molecule has 1 atom stereocenters. The van der Waals surface area contributed by atoms with Crippen molar-refractivity contribution >= 4 is 31.3 Å². The van der Waals surface area contributed by atoms with Gasteiger partial charge in [0.15, 0.2) is 0 Å². The standard InChI is InChI=1S/C4H10N2OS2/c5-4(7)6-1-3(9)2-8/h3,8-9H,1-2H2,(H3,5,6,7). The molecule has 0 aromatic carbocycles. The Labute approximate surface area is 65.2 Å². The van der Waals surface area contributed by atoms with Crippen LogP contribution in [-0.4, -0.2) is 23.6 Å². The van der Waals surface area contributed by atoms with Crippen LogP contribution >= 0.6 is 25.3 Å². The van der Waals surface area contributed by atoms with E-state index in [-0.39, 0.29) is 5.25 Å². The van der Waals surface area contributed by atoms with E-state index in [0.717, 1.165) is 0 Å². The molecule has 0 aromatic heterocycles. The van der Waals surface area contributed by atoms with Crippen molar-refractivity contribution in [1.29, 1.82) is 0 Å². The van der Waals surface area contributed by atoms with E-state index in [0.29, 0.717) is 12.3 Å². The largest absolute Gasteiger partial charge is 0.352 e. The van der Waals surface area contributed by atoms with Crippen LogP contribution in [0.2, 0.25) is 0 Å². The summed E-state index contributed by atoms with van der Waals surface area (Å²) in [5.41, 5.74) is 4.79. The number of carbonyl (C=O) groups is 1. The highest BCUT2D eigenvalue weighted by Gasteiger charge is 1.99. The fourth-order valence-electron chi connectivity index (χ4n) is 0.283. The molecule has 0 aliphatic rings. The van der Waals surface area contributed by atoms with E-state index in [1.54, 1.807) is 0 Å². The van der Waals surface area contributed by atoms with Gasteiger partial charge in [-0.1, -0.05) is 0 Å². The van der Waals surface area contributed by atoms with Gasteiger partial charge in [0, 0.05) is 17.5 Å². The van der Waals surface area contributed by atoms with Gasteiger partial charge in [-0.15, -0.1) is 0 Å². The molecule has 0 bridgehead atoms. The van der Waals surface area contributed by atoms with Crippen LogP contribution in [-0.2, 0) is 0 Å². The molecule has 0 fully saturated rings. The van der Waals surface area contributed by atoms with Gasteiger partial charge in [0.1, 0.15) is 0 Å². The molecule has 0 saturated heterocycles. The van der Waals surface area contributed by atoms with Gasteiger partial charge >= 0.3 is 6.03 Å². The first-order valence-corrected chi connectivity index (χ1v) is 3.64. The molecule has 0 heterocycles. The molecule has 3 N–H and O–H groups in total. The third-order valence-electron chi connectivity index (χ3n) is 0.723. The number of rotatable bonds is 3. The van der Waals surface area contributed by atoms with Gasteiger partial charge < -0.3 is 11.1 Å². The lowest BCUT2D eigenvalue weighted by atomic mass is 10.5. The summed E-state index contributed by atoms with van der Waals surface area (Å²) in [7, 11) is 0. The Kier molecular flexibility index (Phi) is 4.80. The first kappa shape index (κ1) is 8.97. The van der Waals surface area contributed by atoms with Crippen molar-refractivity contribution in [2.24, 2.45) is 5.73 Å². The summed E-state index contributed by atoms with van der Waals surface area (Å²) in [6, 6.07) is -0.518. The first-order chi connectivity index (χ1) is 4.16. The highest BCUT2D eigenvalue weighted by molar-refractivity contribution is 7.84. The van der Waals surface area contributed by atoms with Gasteiger partial charge in [0.05, 0.1) is 0 Å². The smallest absolute Gasteiger partial charge is 0.312 e. The topological polar surface area (TPSA) is 55.1 Å². The average Bonchev–Trinajstić information content (AvgIpc) is 1.83. The molecule has 0 aliphatic heterocycles. The Hall–Kier alpha value is -0.0300. The molecule has 3 nitrogen and oxygen atoms in total. The summed E-state index contributed by atoms with van der Waals surface area (Å²) in [6.07, 6.45) is 0. The molecule has 5 heteroatoms. The number of nitrogens with one attached hydrogen (secondary N) is 1. The predicted octanol–water partition coefficient (Wildman–Crippen LogP) is -0.117. The minimum atomic E-state index is -0.518.